The van der Waals surface area contributed by atoms with Crippen LogP contribution in [-0.4, -0.2) is 57.1 Å². The molecule has 0 heterocycles. The lowest BCUT2D eigenvalue weighted by Crippen LogP contribution is -2.42. The number of carbonyl (C=O) groups excluding carboxylic acids is 3. The summed E-state index contributed by atoms with van der Waals surface area (Å²) in [5.74, 6) is 0.181. The van der Waals surface area contributed by atoms with Gasteiger partial charge in [-0.1, -0.05) is 11.6 Å². The molecule has 10 heteroatoms. The standard InChI is InChI=1S/C20H23ClN4O5/c1-25(11-18(26)23-16-10-13(21)4-9-17(16)30-3)12-19(27)24-20(28)22-14-5-7-15(29-2)8-6-14/h4-10H,11-12H2,1-3H3,(H,23,26)(H2,22,24,27,28). The number of urea groups is 1. The van der Waals surface area contributed by atoms with E-state index in [2.05, 4.69) is 16.0 Å². The third-order valence-electron chi connectivity index (χ3n) is 3.86. The SMILES string of the molecule is COc1ccc(NC(=O)NC(=O)CN(C)CC(=O)Nc2cc(Cl)ccc2OC)cc1. The quantitative estimate of drug-likeness (QED) is 0.589. The summed E-state index contributed by atoms with van der Waals surface area (Å²) in [7, 11) is 4.60. The zero-order valence-electron chi connectivity index (χ0n) is 16.8. The molecule has 0 fully saturated rings. The highest BCUT2D eigenvalue weighted by Crippen LogP contribution is 2.27. The fourth-order valence-corrected chi connectivity index (χ4v) is 2.69. The number of ether oxygens (including phenoxy) is 2. The first kappa shape index (κ1) is 23.0. The molecule has 0 bridgehead atoms. The Morgan fingerprint density at radius 1 is 0.933 bits per heavy atom. The van der Waals surface area contributed by atoms with Gasteiger partial charge in [0.05, 0.1) is 33.0 Å². The highest BCUT2D eigenvalue weighted by atomic mass is 35.5. The van der Waals surface area contributed by atoms with E-state index < -0.39 is 11.9 Å². The number of anilines is 2. The van der Waals surface area contributed by atoms with Crippen LogP contribution in [0.5, 0.6) is 11.5 Å². The Balaban J connectivity index is 1.80. The first-order chi connectivity index (χ1) is 14.3. The summed E-state index contributed by atoms with van der Waals surface area (Å²) in [5.41, 5.74) is 0.927. The molecule has 0 aliphatic heterocycles. The van der Waals surface area contributed by atoms with Crippen molar-refractivity contribution in [2.24, 2.45) is 0 Å². The molecule has 0 aliphatic rings. The van der Waals surface area contributed by atoms with Crippen LogP contribution in [0.4, 0.5) is 16.2 Å². The molecule has 0 spiro atoms. The molecule has 0 aromatic heterocycles. The average molecular weight is 435 g/mol. The van der Waals surface area contributed by atoms with Crippen LogP contribution in [0.15, 0.2) is 42.5 Å². The minimum absolute atomic E-state index is 0.0802. The van der Waals surface area contributed by atoms with Gasteiger partial charge in [0.15, 0.2) is 0 Å². The second-order valence-corrected chi connectivity index (χ2v) is 6.73. The smallest absolute Gasteiger partial charge is 0.325 e. The van der Waals surface area contributed by atoms with Crippen molar-refractivity contribution in [2.45, 2.75) is 0 Å². The third-order valence-corrected chi connectivity index (χ3v) is 4.10. The normalized spacial score (nSPS) is 10.3. The second kappa shape index (κ2) is 11.0. The fraction of sp³-hybridized carbons (Fsp3) is 0.250. The number of likely N-dealkylation sites (N-methyl/N-ethyl adjacent to an activating group) is 1. The molecule has 2 aromatic rings. The number of methoxy groups -OCH3 is 2. The number of nitrogens with one attached hydrogen (secondary N) is 3. The Bertz CT molecular complexity index is 905. The van der Waals surface area contributed by atoms with Gasteiger partial charge in [-0.25, -0.2) is 4.79 Å². The molecule has 0 atom stereocenters. The first-order valence-corrected chi connectivity index (χ1v) is 9.25. The Morgan fingerprint density at radius 3 is 2.23 bits per heavy atom. The summed E-state index contributed by atoms with van der Waals surface area (Å²) in [6, 6.07) is 10.8. The first-order valence-electron chi connectivity index (χ1n) is 8.87. The number of hydrogen-bond donors (Lipinski definition) is 3. The highest BCUT2D eigenvalue weighted by Gasteiger charge is 2.15. The summed E-state index contributed by atoms with van der Waals surface area (Å²) in [4.78, 5) is 37.7. The molecule has 3 N–H and O–H groups in total. The molecule has 0 radical (unpaired) electrons. The van der Waals surface area contributed by atoms with Crippen molar-refractivity contribution in [3.05, 3.63) is 47.5 Å². The van der Waals surface area contributed by atoms with Crippen molar-refractivity contribution in [1.82, 2.24) is 10.2 Å². The average Bonchev–Trinajstić information content (AvgIpc) is 2.68. The largest absolute Gasteiger partial charge is 0.497 e. The molecule has 0 unspecified atom stereocenters. The number of rotatable bonds is 8. The monoisotopic (exact) mass is 434 g/mol. The number of halogens is 1. The summed E-state index contributed by atoms with van der Waals surface area (Å²) in [6.45, 7) is -0.237. The zero-order chi connectivity index (χ0) is 22.1. The number of amides is 4. The van der Waals surface area contributed by atoms with E-state index in [1.165, 1.54) is 19.1 Å². The van der Waals surface area contributed by atoms with Gasteiger partial charge in [0.1, 0.15) is 11.5 Å². The summed E-state index contributed by atoms with van der Waals surface area (Å²) in [5, 5.41) is 7.87. The van der Waals surface area contributed by atoms with Gasteiger partial charge < -0.3 is 20.1 Å². The Morgan fingerprint density at radius 2 is 1.60 bits per heavy atom. The number of nitrogens with zero attached hydrogens (tertiary/aromatic N) is 1. The predicted octanol–water partition coefficient (Wildman–Crippen LogP) is 2.58. The molecule has 0 aliphatic carbocycles. The predicted molar refractivity (Wildman–Crippen MR) is 114 cm³/mol. The van der Waals surface area contributed by atoms with Crippen molar-refractivity contribution in [2.75, 3.05) is 45.0 Å². The fourth-order valence-electron chi connectivity index (χ4n) is 2.52. The van der Waals surface area contributed by atoms with E-state index in [-0.39, 0.29) is 19.0 Å². The van der Waals surface area contributed by atoms with Gasteiger partial charge in [0.25, 0.3) is 0 Å². The molecule has 9 nitrogen and oxygen atoms in total. The molecular formula is C20H23ClN4O5. The van der Waals surface area contributed by atoms with E-state index in [0.29, 0.717) is 27.9 Å². The Kier molecular flexibility index (Phi) is 8.45. The van der Waals surface area contributed by atoms with Crippen LogP contribution in [0, 0.1) is 0 Å². The summed E-state index contributed by atoms with van der Waals surface area (Å²) < 4.78 is 10.2. The van der Waals surface area contributed by atoms with Crippen LogP contribution in [0.3, 0.4) is 0 Å². The van der Waals surface area contributed by atoms with Crippen LogP contribution >= 0.6 is 11.6 Å². The van der Waals surface area contributed by atoms with Gasteiger partial charge in [-0.05, 0) is 49.5 Å². The maximum Gasteiger partial charge on any atom is 0.325 e. The maximum absolute atomic E-state index is 12.2. The number of carbonyl (C=O) groups is 3. The summed E-state index contributed by atoms with van der Waals surface area (Å²) >= 11 is 5.94. The van der Waals surface area contributed by atoms with Crippen LogP contribution in [0.25, 0.3) is 0 Å². The van der Waals surface area contributed by atoms with Gasteiger partial charge in [-0.3, -0.25) is 19.8 Å². The molecule has 160 valence electrons. The van der Waals surface area contributed by atoms with Crippen LogP contribution in [0.2, 0.25) is 5.02 Å². The topological polar surface area (TPSA) is 109 Å². The second-order valence-electron chi connectivity index (χ2n) is 6.30. The van der Waals surface area contributed by atoms with E-state index in [0.717, 1.165) is 0 Å². The van der Waals surface area contributed by atoms with E-state index in [1.807, 2.05) is 0 Å². The molecule has 0 saturated carbocycles. The summed E-state index contributed by atoms with van der Waals surface area (Å²) in [6.07, 6.45) is 0. The number of benzene rings is 2. The number of imide groups is 1. The van der Waals surface area contributed by atoms with E-state index >= 15 is 0 Å². The van der Waals surface area contributed by atoms with Crippen molar-refractivity contribution in [3.63, 3.8) is 0 Å². The molecular weight excluding hydrogens is 412 g/mol. The van der Waals surface area contributed by atoms with Gasteiger partial charge in [0, 0.05) is 10.7 Å². The number of hydrogen-bond acceptors (Lipinski definition) is 6. The lowest BCUT2D eigenvalue weighted by molar-refractivity contribution is -0.122. The maximum atomic E-state index is 12.2. The van der Waals surface area contributed by atoms with Gasteiger partial charge in [-0.15, -0.1) is 0 Å². The van der Waals surface area contributed by atoms with Crippen molar-refractivity contribution in [3.8, 4) is 11.5 Å². The van der Waals surface area contributed by atoms with Crippen molar-refractivity contribution in [1.29, 1.82) is 0 Å². The van der Waals surface area contributed by atoms with E-state index in [9.17, 15) is 14.4 Å². The van der Waals surface area contributed by atoms with Crippen molar-refractivity contribution < 1.29 is 23.9 Å². The minimum atomic E-state index is -0.674. The molecule has 2 rings (SSSR count). The van der Waals surface area contributed by atoms with E-state index in [4.69, 9.17) is 21.1 Å². The Labute approximate surface area is 179 Å². The van der Waals surface area contributed by atoms with E-state index in [1.54, 1.807) is 49.5 Å². The van der Waals surface area contributed by atoms with Crippen LogP contribution < -0.4 is 25.4 Å². The Hall–Kier alpha value is -3.30. The van der Waals surface area contributed by atoms with Crippen LogP contribution in [-0.2, 0) is 9.59 Å². The molecule has 4 amide bonds. The third kappa shape index (κ3) is 7.26. The van der Waals surface area contributed by atoms with Gasteiger partial charge >= 0.3 is 6.03 Å². The van der Waals surface area contributed by atoms with Crippen molar-refractivity contribution >= 4 is 40.8 Å². The molecule has 2 aromatic carbocycles. The lowest BCUT2D eigenvalue weighted by atomic mass is 10.3. The van der Waals surface area contributed by atoms with Crippen LogP contribution in [0.1, 0.15) is 0 Å². The van der Waals surface area contributed by atoms with Gasteiger partial charge in [-0.2, -0.15) is 0 Å². The highest BCUT2D eigenvalue weighted by molar-refractivity contribution is 6.31. The minimum Gasteiger partial charge on any atom is -0.497 e. The lowest BCUT2D eigenvalue weighted by Gasteiger charge is -2.17. The zero-order valence-corrected chi connectivity index (χ0v) is 17.6. The molecule has 30 heavy (non-hydrogen) atoms. The van der Waals surface area contributed by atoms with Gasteiger partial charge in [0.2, 0.25) is 11.8 Å². The molecule has 0 saturated heterocycles.